The molecule has 0 bridgehead atoms. The number of rotatable bonds is 8. The van der Waals surface area contributed by atoms with Crippen LogP contribution in [-0.4, -0.2) is 41.0 Å². The molecule has 188 valence electrons. The summed E-state index contributed by atoms with van der Waals surface area (Å²) in [4.78, 5) is 28.2. The minimum Gasteiger partial charge on any atom is -0.507 e. The molecule has 0 aliphatic carbocycles. The molecule has 1 fully saturated rings. The van der Waals surface area contributed by atoms with Gasteiger partial charge in [-0.15, -0.1) is 0 Å². The van der Waals surface area contributed by atoms with E-state index in [-0.39, 0.29) is 17.4 Å². The zero-order valence-corrected chi connectivity index (χ0v) is 20.7. The van der Waals surface area contributed by atoms with Gasteiger partial charge < -0.3 is 19.5 Å². The maximum atomic E-state index is 13.4. The minimum atomic E-state index is -0.722. The first kappa shape index (κ1) is 24.4. The lowest BCUT2D eigenvalue weighted by Gasteiger charge is -2.25. The number of aliphatic hydroxyl groups is 1. The third-order valence-corrected chi connectivity index (χ3v) is 6.76. The molecule has 5 rings (SSSR count). The van der Waals surface area contributed by atoms with E-state index in [1.165, 1.54) is 0 Å². The Morgan fingerprint density at radius 2 is 1.86 bits per heavy atom. The Balaban J connectivity index is 1.54. The van der Waals surface area contributed by atoms with E-state index in [2.05, 4.69) is 6.58 Å². The van der Waals surface area contributed by atoms with Crippen LogP contribution in [0, 0.1) is 0 Å². The summed E-state index contributed by atoms with van der Waals surface area (Å²) in [5.74, 6) is -0.0585. The summed E-state index contributed by atoms with van der Waals surface area (Å²) in [6.45, 7) is 6.35. The second kappa shape index (κ2) is 10.3. The van der Waals surface area contributed by atoms with Crippen LogP contribution in [0.4, 0.5) is 0 Å². The van der Waals surface area contributed by atoms with Gasteiger partial charge in [0.1, 0.15) is 30.0 Å². The van der Waals surface area contributed by atoms with Crippen LogP contribution in [0.1, 0.15) is 35.2 Å². The number of ketones is 1. The Hall–Kier alpha value is -4.32. The number of ether oxygens (including phenoxy) is 2. The van der Waals surface area contributed by atoms with Gasteiger partial charge >= 0.3 is 0 Å². The van der Waals surface area contributed by atoms with Gasteiger partial charge in [-0.3, -0.25) is 9.59 Å². The highest BCUT2D eigenvalue weighted by Crippen LogP contribution is 2.41. The molecule has 0 aromatic heterocycles. The summed E-state index contributed by atoms with van der Waals surface area (Å²) >= 11 is 0. The van der Waals surface area contributed by atoms with Crippen molar-refractivity contribution in [3.63, 3.8) is 0 Å². The van der Waals surface area contributed by atoms with Crippen LogP contribution in [0.2, 0.25) is 0 Å². The van der Waals surface area contributed by atoms with Gasteiger partial charge in [0.25, 0.3) is 11.7 Å². The van der Waals surface area contributed by atoms with Crippen molar-refractivity contribution in [2.75, 3.05) is 13.2 Å². The molecule has 2 heterocycles. The van der Waals surface area contributed by atoms with Gasteiger partial charge in [0.15, 0.2) is 0 Å². The van der Waals surface area contributed by atoms with Gasteiger partial charge in [-0.1, -0.05) is 55.1 Å². The van der Waals surface area contributed by atoms with Crippen molar-refractivity contribution in [1.29, 1.82) is 0 Å². The Labute approximate surface area is 216 Å². The van der Waals surface area contributed by atoms with E-state index in [0.717, 1.165) is 28.9 Å². The molecular formula is C31H29NO5. The number of carbonyl (C=O) groups excluding carboxylic acids is 2. The summed E-state index contributed by atoms with van der Waals surface area (Å²) in [6.07, 6.45) is 3.02. The number of fused-ring (bicyclic) bond motifs is 1. The molecule has 0 spiro atoms. The molecule has 0 radical (unpaired) electrons. The number of amides is 1. The Bertz CT molecular complexity index is 1360. The van der Waals surface area contributed by atoms with Gasteiger partial charge in [0.05, 0.1) is 11.6 Å². The molecule has 1 N–H and O–H groups in total. The number of aliphatic hydroxyl groups excluding tert-OH is 1. The molecule has 2 aliphatic heterocycles. The SMILES string of the molecule is C=CCOc1ccc([C@@H]2C(=C(O)c3ccc4c(c3)C[C@H](C)O4)C(=O)C(=O)N2CCc2ccccc2)cc1. The van der Waals surface area contributed by atoms with Crippen molar-refractivity contribution in [1.82, 2.24) is 4.90 Å². The molecule has 1 saturated heterocycles. The molecule has 3 aromatic rings. The molecule has 6 heteroatoms. The average molecular weight is 496 g/mol. The summed E-state index contributed by atoms with van der Waals surface area (Å²) < 4.78 is 11.4. The second-order valence-corrected chi connectivity index (χ2v) is 9.35. The molecule has 37 heavy (non-hydrogen) atoms. The predicted octanol–water partition coefficient (Wildman–Crippen LogP) is 5.24. The zero-order chi connectivity index (χ0) is 25.9. The zero-order valence-electron chi connectivity index (χ0n) is 20.7. The van der Waals surface area contributed by atoms with Crippen LogP contribution in [0.25, 0.3) is 5.76 Å². The fourth-order valence-corrected chi connectivity index (χ4v) is 4.98. The standard InChI is InChI=1S/C31H29NO5/c1-3-17-36-25-12-9-22(10-13-25)28-27(29(33)23-11-14-26-24(19-23)18-20(2)37-26)30(34)31(35)32(28)16-15-21-7-5-4-6-8-21/h3-14,19-20,28,33H,1,15-18H2,2H3/t20-,28+/m0/s1. The maximum Gasteiger partial charge on any atom is 0.295 e. The number of benzene rings is 3. The van der Waals surface area contributed by atoms with E-state index in [1.807, 2.05) is 55.5 Å². The fourth-order valence-electron chi connectivity index (χ4n) is 4.98. The van der Waals surface area contributed by atoms with Crippen LogP contribution in [0.5, 0.6) is 11.5 Å². The van der Waals surface area contributed by atoms with E-state index < -0.39 is 17.7 Å². The Morgan fingerprint density at radius 1 is 1.11 bits per heavy atom. The van der Waals surface area contributed by atoms with Crippen LogP contribution in [-0.2, 0) is 22.4 Å². The molecule has 2 atom stereocenters. The summed E-state index contributed by atoms with van der Waals surface area (Å²) in [6, 6.07) is 21.7. The van der Waals surface area contributed by atoms with Gasteiger partial charge in [-0.25, -0.2) is 0 Å². The molecule has 0 unspecified atom stereocenters. The summed E-state index contributed by atoms with van der Waals surface area (Å²) in [7, 11) is 0. The number of Topliss-reactive ketones (excluding diaryl/α,β-unsaturated/α-hetero) is 1. The van der Waals surface area contributed by atoms with Crippen molar-refractivity contribution in [2.24, 2.45) is 0 Å². The topological polar surface area (TPSA) is 76.1 Å². The largest absolute Gasteiger partial charge is 0.507 e. The first-order valence-electron chi connectivity index (χ1n) is 12.4. The average Bonchev–Trinajstić information content (AvgIpc) is 3.42. The third kappa shape index (κ3) is 4.87. The highest BCUT2D eigenvalue weighted by atomic mass is 16.5. The van der Waals surface area contributed by atoms with Gasteiger partial charge in [-0.05, 0) is 60.4 Å². The van der Waals surface area contributed by atoms with Crippen LogP contribution < -0.4 is 9.47 Å². The number of nitrogens with zero attached hydrogens (tertiary/aromatic N) is 1. The molecule has 6 nitrogen and oxygen atoms in total. The third-order valence-electron chi connectivity index (χ3n) is 6.76. The monoisotopic (exact) mass is 495 g/mol. The van der Waals surface area contributed by atoms with E-state index in [0.29, 0.717) is 30.9 Å². The summed E-state index contributed by atoms with van der Waals surface area (Å²) in [5.41, 5.74) is 3.33. The molecule has 2 aliphatic rings. The van der Waals surface area contributed by atoms with Crippen molar-refractivity contribution in [3.8, 4) is 11.5 Å². The lowest BCUT2D eigenvalue weighted by Crippen LogP contribution is -2.31. The summed E-state index contributed by atoms with van der Waals surface area (Å²) in [5, 5.41) is 11.4. The Morgan fingerprint density at radius 3 is 2.59 bits per heavy atom. The van der Waals surface area contributed by atoms with Gasteiger partial charge in [0, 0.05) is 18.5 Å². The number of carbonyl (C=O) groups is 2. The van der Waals surface area contributed by atoms with Crippen LogP contribution in [0.3, 0.4) is 0 Å². The van der Waals surface area contributed by atoms with E-state index in [1.54, 1.807) is 35.2 Å². The fraction of sp³-hybridized carbons (Fsp3) is 0.226. The van der Waals surface area contributed by atoms with E-state index in [4.69, 9.17) is 9.47 Å². The van der Waals surface area contributed by atoms with E-state index in [9.17, 15) is 14.7 Å². The smallest absolute Gasteiger partial charge is 0.295 e. The highest BCUT2D eigenvalue weighted by molar-refractivity contribution is 6.46. The molecular weight excluding hydrogens is 466 g/mol. The first-order chi connectivity index (χ1) is 18.0. The second-order valence-electron chi connectivity index (χ2n) is 9.35. The minimum absolute atomic E-state index is 0.0535. The maximum absolute atomic E-state index is 13.4. The van der Waals surface area contributed by atoms with Crippen LogP contribution >= 0.6 is 0 Å². The van der Waals surface area contributed by atoms with Crippen LogP contribution in [0.15, 0.2) is 91.0 Å². The number of likely N-dealkylation sites (tertiary alicyclic amines) is 1. The number of hydrogen-bond donors (Lipinski definition) is 1. The van der Waals surface area contributed by atoms with Gasteiger partial charge in [-0.2, -0.15) is 0 Å². The van der Waals surface area contributed by atoms with Crippen molar-refractivity contribution < 1.29 is 24.2 Å². The number of hydrogen-bond acceptors (Lipinski definition) is 5. The highest BCUT2D eigenvalue weighted by Gasteiger charge is 2.46. The molecule has 3 aromatic carbocycles. The van der Waals surface area contributed by atoms with Crippen molar-refractivity contribution in [2.45, 2.75) is 31.9 Å². The normalized spacial score (nSPS) is 20.0. The van der Waals surface area contributed by atoms with Crippen molar-refractivity contribution in [3.05, 3.63) is 113 Å². The Kier molecular flexibility index (Phi) is 6.82. The van der Waals surface area contributed by atoms with E-state index >= 15 is 0 Å². The lowest BCUT2D eigenvalue weighted by atomic mass is 9.94. The predicted molar refractivity (Wildman–Crippen MR) is 142 cm³/mol. The lowest BCUT2D eigenvalue weighted by molar-refractivity contribution is -0.139. The first-order valence-corrected chi connectivity index (χ1v) is 12.4. The van der Waals surface area contributed by atoms with Gasteiger partial charge in [0.2, 0.25) is 0 Å². The quantitative estimate of drug-likeness (QED) is 0.200. The van der Waals surface area contributed by atoms with Crippen molar-refractivity contribution >= 4 is 17.4 Å². The molecule has 1 amide bonds. The molecule has 0 saturated carbocycles.